The molecule has 7 nitrogen and oxygen atoms in total. The molecule has 0 unspecified atom stereocenters. The maximum atomic E-state index is 12.3. The number of rotatable bonds is 9. The second-order valence-electron chi connectivity index (χ2n) is 5.82. The molecule has 1 aromatic heterocycles. The van der Waals surface area contributed by atoms with Gasteiger partial charge in [0.2, 0.25) is 5.91 Å². The van der Waals surface area contributed by atoms with Gasteiger partial charge in [-0.15, -0.1) is 0 Å². The Morgan fingerprint density at radius 3 is 2.55 bits per heavy atom. The van der Waals surface area contributed by atoms with E-state index in [0.717, 1.165) is 5.56 Å². The van der Waals surface area contributed by atoms with E-state index in [-0.39, 0.29) is 11.7 Å². The van der Waals surface area contributed by atoms with Crippen LogP contribution in [0.1, 0.15) is 5.56 Å². The molecule has 3 rings (SSSR count). The Hall–Kier alpha value is -3.26. The first kappa shape index (κ1) is 20.5. The van der Waals surface area contributed by atoms with Gasteiger partial charge in [-0.05, 0) is 24.3 Å². The normalized spacial score (nSPS) is 10.3. The highest BCUT2D eigenvalue weighted by molar-refractivity contribution is 8.00. The van der Waals surface area contributed by atoms with Crippen LogP contribution in [0.25, 0.3) is 0 Å². The highest BCUT2D eigenvalue weighted by Gasteiger charge is 2.12. The van der Waals surface area contributed by atoms with Crippen molar-refractivity contribution in [3.8, 4) is 23.1 Å². The molecule has 0 fully saturated rings. The quantitative estimate of drug-likeness (QED) is 0.538. The van der Waals surface area contributed by atoms with E-state index in [1.54, 1.807) is 32.7 Å². The molecule has 0 aliphatic carbocycles. The van der Waals surface area contributed by atoms with Crippen LogP contribution < -0.4 is 19.5 Å². The summed E-state index contributed by atoms with van der Waals surface area (Å²) in [4.78, 5) is 20.8. The van der Waals surface area contributed by atoms with Crippen molar-refractivity contribution in [2.75, 3.05) is 20.0 Å². The van der Waals surface area contributed by atoms with E-state index in [4.69, 9.17) is 14.2 Å². The summed E-state index contributed by atoms with van der Waals surface area (Å²) in [6, 6.07) is 14.8. The zero-order valence-corrected chi connectivity index (χ0v) is 16.9. The van der Waals surface area contributed by atoms with Crippen molar-refractivity contribution in [1.82, 2.24) is 15.3 Å². The SMILES string of the molecule is COc1ccc(CNC(=O)CSc2nccnc2Oc2ccccc2)c(OC)c1. The Balaban J connectivity index is 1.56. The smallest absolute Gasteiger partial charge is 0.252 e. The van der Waals surface area contributed by atoms with Gasteiger partial charge >= 0.3 is 0 Å². The van der Waals surface area contributed by atoms with Gasteiger partial charge in [0.05, 0.1) is 20.0 Å². The lowest BCUT2D eigenvalue weighted by atomic mass is 10.2. The number of amides is 1. The van der Waals surface area contributed by atoms with Crippen molar-refractivity contribution < 1.29 is 19.0 Å². The summed E-state index contributed by atoms with van der Waals surface area (Å²) in [5, 5.41) is 3.43. The van der Waals surface area contributed by atoms with Crippen LogP contribution in [0.5, 0.6) is 23.1 Å². The summed E-state index contributed by atoms with van der Waals surface area (Å²) in [6.07, 6.45) is 3.12. The average Bonchev–Trinajstić information content (AvgIpc) is 2.77. The van der Waals surface area contributed by atoms with Crippen molar-refractivity contribution in [1.29, 1.82) is 0 Å². The molecule has 3 aromatic rings. The van der Waals surface area contributed by atoms with Crippen LogP contribution in [0.2, 0.25) is 0 Å². The third-order valence-corrected chi connectivity index (χ3v) is 4.86. The fourth-order valence-electron chi connectivity index (χ4n) is 2.46. The molecule has 29 heavy (non-hydrogen) atoms. The molecule has 0 spiro atoms. The minimum absolute atomic E-state index is 0.135. The van der Waals surface area contributed by atoms with Crippen molar-refractivity contribution in [2.45, 2.75) is 11.6 Å². The standard InChI is InChI=1S/C21H21N3O4S/c1-26-17-9-8-15(18(12-17)27-2)13-24-19(25)14-29-21-20(22-10-11-23-21)28-16-6-4-3-5-7-16/h3-12H,13-14H2,1-2H3,(H,24,25). The van der Waals surface area contributed by atoms with E-state index in [0.29, 0.717) is 34.7 Å². The summed E-state index contributed by atoms with van der Waals surface area (Å²) in [5.74, 6) is 2.43. The zero-order chi connectivity index (χ0) is 20.5. The van der Waals surface area contributed by atoms with Crippen LogP contribution in [0.4, 0.5) is 0 Å². The second-order valence-corrected chi connectivity index (χ2v) is 6.79. The molecule has 1 amide bonds. The van der Waals surface area contributed by atoms with Gasteiger partial charge in [-0.2, -0.15) is 0 Å². The van der Waals surface area contributed by atoms with Crippen molar-refractivity contribution in [3.05, 3.63) is 66.5 Å². The summed E-state index contributed by atoms with van der Waals surface area (Å²) in [7, 11) is 3.17. The molecule has 0 bridgehead atoms. The highest BCUT2D eigenvalue weighted by atomic mass is 32.2. The van der Waals surface area contributed by atoms with E-state index in [2.05, 4.69) is 15.3 Å². The van der Waals surface area contributed by atoms with Crippen LogP contribution in [0, 0.1) is 0 Å². The third kappa shape index (κ3) is 5.86. The van der Waals surface area contributed by atoms with Crippen LogP contribution in [0.15, 0.2) is 66.0 Å². The van der Waals surface area contributed by atoms with Gasteiger partial charge in [0, 0.05) is 30.6 Å². The molecule has 1 N–H and O–H groups in total. The molecule has 8 heteroatoms. The number of benzene rings is 2. The molecule has 0 saturated heterocycles. The van der Waals surface area contributed by atoms with E-state index in [9.17, 15) is 4.79 Å². The molecule has 1 heterocycles. The lowest BCUT2D eigenvalue weighted by molar-refractivity contribution is -0.118. The molecule has 0 radical (unpaired) electrons. The minimum Gasteiger partial charge on any atom is -0.497 e. The summed E-state index contributed by atoms with van der Waals surface area (Å²) in [6.45, 7) is 0.348. The number of carbonyl (C=O) groups excluding carboxylic acids is 1. The minimum atomic E-state index is -0.135. The number of aromatic nitrogens is 2. The van der Waals surface area contributed by atoms with Crippen molar-refractivity contribution in [3.63, 3.8) is 0 Å². The van der Waals surface area contributed by atoms with Crippen molar-refractivity contribution >= 4 is 17.7 Å². The number of para-hydroxylation sites is 1. The van der Waals surface area contributed by atoms with E-state index in [1.807, 2.05) is 42.5 Å². The van der Waals surface area contributed by atoms with Crippen LogP contribution in [-0.2, 0) is 11.3 Å². The molecular weight excluding hydrogens is 390 g/mol. The van der Waals surface area contributed by atoms with Crippen LogP contribution >= 0.6 is 11.8 Å². The summed E-state index contributed by atoms with van der Waals surface area (Å²) < 4.78 is 16.3. The molecule has 0 aliphatic heterocycles. The number of nitrogens with zero attached hydrogens (tertiary/aromatic N) is 2. The van der Waals surface area contributed by atoms with Gasteiger partial charge in [-0.25, -0.2) is 9.97 Å². The monoisotopic (exact) mass is 411 g/mol. The Morgan fingerprint density at radius 1 is 1.00 bits per heavy atom. The first-order chi connectivity index (χ1) is 14.2. The largest absolute Gasteiger partial charge is 0.497 e. The number of carbonyl (C=O) groups is 1. The Labute approximate surface area is 173 Å². The van der Waals surface area contributed by atoms with E-state index >= 15 is 0 Å². The van der Waals surface area contributed by atoms with E-state index < -0.39 is 0 Å². The van der Waals surface area contributed by atoms with Gasteiger partial charge < -0.3 is 19.5 Å². The third-order valence-electron chi connectivity index (χ3n) is 3.90. The summed E-state index contributed by atoms with van der Waals surface area (Å²) >= 11 is 1.26. The Bertz CT molecular complexity index is 954. The first-order valence-electron chi connectivity index (χ1n) is 8.84. The number of methoxy groups -OCH3 is 2. The molecule has 0 atom stereocenters. The molecule has 0 aliphatic rings. The first-order valence-corrected chi connectivity index (χ1v) is 9.82. The zero-order valence-electron chi connectivity index (χ0n) is 16.1. The Kier molecular flexibility index (Phi) is 7.29. The molecule has 2 aromatic carbocycles. The highest BCUT2D eigenvalue weighted by Crippen LogP contribution is 2.28. The topological polar surface area (TPSA) is 82.6 Å². The van der Waals surface area contributed by atoms with Gasteiger partial charge in [0.15, 0.2) is 5.03 Å². The lowest BCUT2D eigenvalue weighted by Crippen LogP contribution is -2.24. The van der Waals surface area contributed by atoms with Gasteiger partial charge in [0.1, 0.15) is 17.2 Å². The fraction of sp³-hybridized carbons (Fsp3) is 0.190. The van der Waals surface area contributed by atoms with E-state index in [1.165, 1.54) is 11.8 Å². The van der Waals surface area contributed by atoms with Crippen molar-refractivity contribution in [2.24, 2.45) is 0 Å². The fourth-order valence-corrected chi connectivity index (χ4v) is 3.18. The molecular formula is C21H21N3O4S. The predicted molar refractivity (Wildman–Crippen MR) is 111 cm³/mol. The maximum absolute atomic E-state index is 12.3. The lowest BCUT2D eigenvalue weighted by Gasteiger charge is -2.11. The summed E-state index contributed by atoms with van der Waals surface area (Å²) in [5.41, 5.74) is 0.860. The maximum Gasteiger partial charge on any atom is 0.252 e. The number of hydrogen-bond acceptors (Lipinski definition) is 7. The number of ether oxygens (including phenoxy) is 3. The number of hydrogen-bond donors (Lipinski definition) is 1. The Morgan fingerprint density at radius 2 is 1.79 bits per heavy atom. The van der Waals surface area contributed by atoms with Crippen LogP contribution in [0.3, 0.4) is 0 Å². The molecule has 0 saturated carbocycles. The van der Waals surface area contributed by atoms with Crippen LogP contribution in [-0.4, -0.2) is 35.8 Å². The second kappa shape index (κ2) is 10.3. The molecule has 150 valence electrons. The predicted octanol–water partition coefficient (Wildman–Crippen LogP) is 3.69. The van der Waals surface area contributed by atoms with Gasteiger partial charge in [-0.3, -0.25) is 4.79 Å². The number of nitrogens with one attached hydrogen (secondary N) is 1. The van der Waals surface area contributed by atoms with Gasteiger partial charge in [0.25, 0.3) is 5.88 Å². The van der Waals surface area contributed by atoms with Gasteiger partial charge in [-0.1, -0.05) is 30.0 Å². The average molecular weight is 411 g/mol. The number of thioether (sulfide) groups is 1.